The van der Waals surface area contributed by atoms with Crippen molar-refractivity contribution in [3.8, 4) is 11.5 Å². The van der Waals surface area contributed by atoms with Gasteiger partial charge in [0.25, 0.3) is 0 Å². The largest absolute Gasteiger partial charge is 0.496 e. The second-order valence-electron chi connectivity index (χ2n) is 5.56. The Morgan fingerprint density at radius 2 is 1.41 bits per heavy atom. The monoisotopic (exact) mass is 372 g/mol. The minimum atomic E-state index is -0.568. The van der Waals surface area contributed by atoms with E-state index in [0.717, 1.165) is 24.3 Å². The second-order valence-corrected chi connectivity index (χ2v) is 5.56. The number of benzene rings is 2. The molecule has 0 N–H and O–H groups in total. The summed E-state index contributed by atoms with van der Waals surface area (Å²) in [5.41, 5.74) is 0.617. The molecule has 2 aromatic carbocycles. The Morgan fingerprint density at radius 3 is 1.81 bits per heavy atom. The minimum Gasteiger partial charge on any atom is -0.496 e. The smallest absolute Gasteiger partial charge is 0.164 e. The fourth-order valence-electron chi connectivity index (χ4n) is 2.54. The van der Waals surface area contributed by atoms with Crippen molar-refractivity contribution in [1.29, 1.82) is 0 Å². The molecule has 4 nitrogen and oxygen atoms in total. The molecular weight excluding hydrogens is 354 g/mol. The summed E-state index contributed by atoms with van der Waals surface area (Å²) in [7, 11) is 2.78. The Hall–Kier alpha value is -3.28. The highest BCUT2D eigenvalue weighted by Gasteiger charge is 2.19. The van der Waals surface area contributed by atoms with Crippen molar-refractivity contribution in [2.75, 3.05) is 14.2 Å². The number of ether oxygens (including phenoxy) is 2. The third-order valence-electron chi connectivity index (χ3n) is 3.78. The van der Waals surface area contributed by atoms with Gasteiger partial charge in [-0.3, -0.25) is 9.59 Å². The van der Waals surface area contributed by atoms with Crippen LogP contribution in [0.15, 0.2) is 55.1 Å². The normalized spacial score (nSPS) is 10.1. The van der Waals surface area contributed by atoms with E-state index in [1.54, 1.807) is 0 Å². The van der Waals surface area contributed by atoms with Gasteiger partial charge in [-0.1, -0.05) is 6.58 Å². The molecule has 0 fully saturated rings. The van der Waals surface area contributed by atoms with Crippen LogP contribution in [0.5, 0.6) is 11.5 Å². The average Bonchev–Trinajstić information content (AvgIpc) is 2.65. The maximum absolute atomic E-state index is 13.9. The van der Waals surface area contributed by atoms with E-state index in [2.05, 4.69) is 6.58 Å². The van der Waals surface area contributed by atoms with E-state index in [4.69, 9.17) is 9.47 Å². The number of carbonyl (C=O) groups is 2. The first-order chi connectivity index (χ1) is 12.9. The molecule has 140 valence electrons. The van der Waals surface area contributed by atoms with Crippen LogP contribution in [0.3, 0.4) is 0 Å². The van der Waals surface area contributed by atoms with Gasteiger partial charge in [-0.2, -0.15) is 0 Å². The van der Waals surface area contributed by atoms with Crippen LogP contribution in [0.25, 0.3) is 5.57 Å². The van der Waals surface area contributed by atoms with E-state index in [1.807, 2.05) is 0 Å². The van der Waals surface area contributed by atoms with Gasteiger partial charge in [-0.15, -0.1) is 0 Å². The number of rotatable bonds is 8. The van der Waals surface area contributed by atoms with E-state index in [9.17, 15) is 18.4 Å². The van der Waals surface area contributed by atoms with Crippen LogP contribution in [0.2, 0.25) is 0 Å². The van der Waals surface area contributed by atoms with Crippen LogP contribution < -0.4 is 9.47 Å². The first-order valence-electron chi connectivity index (χ1n) is 7.97. The highest BCUT2D eigenvalue weighted by Crippen LogP contribution is 2.36. The third kappa shape index (κ3) is 4.88. The summed E-state index contributed by atoms with van der Waals surface area (Å²) in [5.74, 6) is -1.60. The van der Waals surface area contributed by atoms with Crippen LogP contribution in [0.1, 0.15) is 17.5 Å². The molecule has 0 aliphatic rings. The maximum Gasteiger partial charge on any atom is 0.164 e. The first-order valence-corrected chi connectivity index (χ1v) is 7.97. The number of hydrogen-bond donors (Lipinski definition) is 0. The SMILES string of the molecule is C=CC(=O)CC(=O)C=C(c1cc(F)ccc1OC)c1cc(F)ccc1OC. The van der Waals surface area contributed by atoms with E-state index in [0.29, 0.717) is 0 Å². The minimum absolute atomic E-state index is 0.171. The van der Waals surface area contributed by atoms with Gasteiger partial charge in [0.05, 0.1) is 20.6 Å². The van der Waals surface area contributed by atoms with Crippen molar-refractivity contribution < 1.29 is 27.8 Å². The number of ketones is 2. The Bertz CT molecular complexity index is 861. The highest BCUT2D eigenvalue weighted by atomic mass is 19.1. The molecule has 0 radical (unpaired) electrons. The van der Waals surface area contributed by atoms with Crippen LogP contribution in [-0.2, 0) is 9.59 Å². The zero-order valence-electron chi connectivity index (χ0n) is 14.9. The van der Waals surface area contributed by atoms with Gasteiger partial charge >= 0.3 is 0 Å². The number of carbonyl (C=O) groups excluding carboxylic acids is 2. The quantitative estimate of drug-likeness (QED) is 0.517. The van der Waals surface area contributed by atoms with Crippen molar-refractivity contribution in [2.45, 2.75) is 6.42 Å². The van der Waals surface area contributed by atoms with Crippen molar-refractivity contribution in [3.05, 3.63) is 77.9 Å². The van der Waals surface area contributed by atoms with Gasteiger partial charge < -0.3 is 9.47 Å². The predicted molar refractivity (Wildman–Crippen MR) is 97.8 cm³/mol. The molecular formula is C21H18F2O4. The Labute approximate surface area is 155 Å². The molecule has 0 aromatic heterocycles. The lowest BCUT2D eigenvalue weighted by molar-refractivity contribution is -0.121. The Morgan fingerprint density at radius 1 is 0.926 bits per heavy atom. The van der Waals surface area contributed by atoms with Gasteiger partial charge in [0.15, 0.2) is 11.6 Å². The lowest BCUT2D eigenvalue weighted by Gasteiger charge is -2.16. The number of methoxy groups -OCH3 is 2. The molecule has 2 aromatic rings. The second kappa shape index (κ2) is 8.89. The number of allylic oxidation sites excluding steroid dienone is 2. The van der Waals surface area contributed by atoms with E-state index in [1.165, 1.54) is 38.5 Å². The molecule has 2 rings (SSSR count). The summed E-state index contributed by atoms with van der Waals surface area (Å²) < 4.78 is 38.3. The van der Waals surface area contributed by atoms with E-state index < -0.39 is 29.6 Å². The van der Waals surface area contributed by atoms with Crippen molar-refractivity contribution in [2.24, 2.45) is 0 Å². The lowest BCUT2D eigenvalue weighted by Crippen LogP contribution is -2.05. The number of hydrogen-bond acceptors (Lipinski definition) is 4. The zero-order chi connectivity index (χ0) is 20.0. The van der Waals surface area contributed by atoms with E-state index in [-0.39, 0.29) is 28.2 Å². The molecule has 0 atom stereocenters. The molecule has 27 heavy (non-hydrogen) atoms. The van der Waals surface area contributed by atoms with Crippen molar-refractivity contribution >= 4 is 17.1 Å². The third-order valence-corrected chi connectivity index (χ3v) is 3.78. The summed E-state index contributed by atoms with van der Waals surface area (Å²) in [6.45, 7) is 3.33. The summed E-state index contributed by atoms with van der Waals surface area (Å²) in [5, 5.41) is 0. The summed E-state index contributed by atoms with van der Waals surface area (Å²) in [6, 6.07) is 7.51. The van der Waals surface area contributed by atoms with Gasteiger partial charge in [0.1, 0.15) is 23.1 Å². The van der Waals surface area contributed by atoms with E-state index >= 15 is 0 Å². The molecule has 0 spiro atoms. The molecule has 0 amide bonds. The van der Waals surface area contributed by atoms with Crippen LogP contribution in [0, 0.1) is 11.6 Å². The molecule has 0 unspecified atom stereocenters. The van der Waals surface area contributed by atoms with Crippen LogP contribution >= 0.6 is 0 Å². The average molecular weight is 372 g/mol. The topological polar surface area (TPSA) is 52.6 Å². The Kier molecular flexibility index (Phi) is 6.60. The Balaban J connectivity index is 2.72. The highest BCUT2D eigenvalue weighted by molar-refractivity contribution is 6.12. The zero-order valence-corrected chi connectivity index (χ0v) is 14.9. The molecule has 0 saturated carbocycles. The van der Waals surface area contributed by atoms with Gasteiger partial charge in [-0.05, 0) is 48.6 Å². The molecule has 0 bridgehead atoms. The molecule has 0 saturated heterocycles. The molecule has 0 aliphatic carbocycles. The summed E-state index contributed by atoms with van der Waals surface area (Å²) >= 11 is 0. The van der Waals surface area contributed by atoms with Gasteiger partial charge in [0.2, 0.25) is 0 Å². The standard InChI is InChI=1S/C21H18F2O4/c1-4-15(24)11-16(25)12-17(18-9-13(22)5-7-20(18)26-2)19-10-14(23)6-8-21(19)27-3/h4-10,12H,1,11H2,2-3H3. The lowest BCUT2D eigenvalue weighted by atomic mass is 9.94. The fraction of sp³-hybridized carbons (Fsp3) is 0.143. The molecule has 6 heteroatoms. The molecule has 0 heterocycles. The number of halogens is 2. The first kappa shape index (κ1) is 20.0. The fourth-order valence-corrected chi connectivity index (χ4v) is 2.54. The van der Waals surface area contributed by atoms with Crippen LogP contribution in [0.4, 0.5) is 8.78 Å². The summed E-state index contributed by atoms with van der Waals surface area (Å²) in [6.07, 6.45) is 1.77. The van der Waals surface area contributed by atoms with Gasteiger partial charge in [0, 0.05) is 16.7 Å². The molecule has 0 aliphatic heterocycles. The maximum atomic E-state index is 13.9. The van der Waals surface area contributed by atoms with Crippen LogP contribution in [-0.4, -0.2) is 25.8 Å². The van der Waals surface area contributed by atoms with Crippen molar-refractivity contribution in [3.63, 3.8) is 0 Å². The van der Waals surface area contributed by atoms with Gasteiger partial charge in [-0.25, -0.2) is 8.78 Å². The predicted octanol–water partition coefficient (Wildman–Crippen LogP) is 4.13. The van der Waals surface area contributed by atoms with Crippen molar-refractivity contribution in [1.82, 2.24) is 0 Å². The summed E-state index contributed by atoms with van der Waals surface area (Å²) in [4.78, 5) is 23.8.